The third-order valence-electron chi connectivity index (χ3n) is 15.8. The van der Waals surface area contributed by atoms with Gasteiger partial charge in [-0.3, -0.25) is 28.8 Å². The van der Waals surface area contributed by atoms with Gasteiger partial charge >= 0.3 is 0 Å². The number of carbonyl (C=O) groups is 6. The minimum atomic E-state index is -1.43. The van der Waals surface area contributed by atoms with Crippen LogP contribution in [0.15, 0.2) is 0 Å². The van der Waals surface area contributed by atoms with E-state index in [-0.39, 0.29) is 201 Å². The van der Waals surface area contributed by atoms with Crippen LogP contribution in [0.4, 0.5) is 0 Å². The molecule has 15 atom stereocenters. The number of hydrogen-bond donors (Lipinski definition) is 15. The molecule has 3 aliphatic rings. The average Bonchev–Trinajstić information content (AvgIpc) is 0.827. The van der Waals surface area contributed by atoms with Crippen LogP contribution in [0.5, 0.6) is 0 Å². The number of nitrogens with one attached hydrogen (secondary N) is 6. The molecule has 0 radical (unpaired) electrons. The molecule has 0 aromatic heterocycles. The molecule has 3 rings (SSSR count). The van der Waals surface area contributed by atoms with E-state index in [9.17, 15) is 74.7 Å². The average molecular weight is 1440 g/mol. The van der Waals surface area contributed by atoms with Crippen LogP contribution in [0.1, 0.15) is 86.5 Å². The quantitative estimate of drug-likeness (QED) is 0.0252. The number of amides is 6. The summed E-state index contributed by atoms with van der Waals surface area (Å²) in [6.07, 6.45) is -13.1. The van der Waals surface area contributed by atoms with Crippen LogP contribution in [0.3, 0.4) is 0 Å². The lowest BCUT2D eigenvalue weighted by Gasteiger charge is -2.42. The highest BCUT2D eigenvalue weighted by Gasteiger charge is 2.48. The first kappa shape index (κ1) is 89.1. The van der Waals surface area contributed by atoms with Crippen molar-refractivity contribution in [3.05, 3.63) is 0 Å². The van der Waals surface area contributed by atoms with Crippen molar-refractivity contribution in [3.8, 4) is 0 Å². The third kappa shape index (κ3) is 37.2. The normalized spacial score (nSPS) is 26.3. The molecular weight excluding hydrogens is 1320 g/mol. The second-order valence-corrected chi connectivity index (χ2v) is 25.2. The fourth-order valence-electron chi connectivity index (χ4n) is 11.1. The van der Waals surface area contributed by atoms with Gasteiger partial charge in [0.2, 0.25) is 35.4 Å². The Hall–Kier alpha value is -4.14. The second-order valence-electron chi connectivity index (χ2n) is 25.2. The molecule has 99 heavy (non-hydrogen) atoms. The van der Waals surface area contributed by atoms with Crippen LogP contribution in [-0.4, -0.2) is 352 Å². The van der Waals surface area contributed by atoms with Gasteiger partial charge in [-0.25, -0.2) is 0 Å². The summed E-state index contributed by atoms with van der Waals surface area (Å²) < 4.78 is 83.8. The van der Waals surface area contributed by atoms with Crippen LogP contribution < -0.4 is 31.9 Å². The molecule has 0 spiro atoms. The molecular formula is C63H116N6O30. The first-order chi connectivity index (χ1) is 47.3. The topological polar surface area (TPSA) is 495 Å². The molecule has 3 aliphatic heterocycles. The molecule has 15 unspecified atom stereocenters. The zero-order valence-corrected chi connectivity index (χ0v) is 58.3. The first-order valence-corrected chi connectivity index (χ1v) is 33.9. The van der Waals surface area contributed by atoms with Gasteiger partial charge in [0.05, 0.1) is 159 Å². The van der Waals surface area contributed by atoms with Crippen molar-refractivity contribution in [2.24, 2.45) is 10.8 Å². The molecule has 0 aromatic carbocycles. The lowest BCUT2D eigenvalue weighted by molar-refractivity contribution is -0.272. The summed E-state index contributed by atoms with van der Waals surface area (Å²) in [7, 11) is 0. The summed E-state index contributed by atoms with van der Waals surface area (Å²) in [5.74, 6) is -2.07. The fraction of sp³-hybridized carbons (Fsp3) is 0.905. The summed E-state index contributed by atoms with van der Waals surface area (Å²) in [6.45, 7) is 12.8. The van der Waals surface area contributed by atoms with Gasteiger partial charge in [-0.15, -0.1) is 0 Å². The van der Waals surface area contributed by atoms with E-state index in [4.69, 9.17) is 71.1 Å². The largest absolute Gasteiger partial charge is 0.394 e. The van der Waals surface area contributed by atoms with Crippen molar-refractivity contribution in [2.45, 2.75) is 178 Å². The van der Waals surface area contributed by atoms with Crippen LogP contribution >= 0.6 is 0 Å². The van der Waals surface area contributed by atoms with E-state index in [1.54, 1.807) is 0 Å². The Kier molecular flexibility index (Phi) is 46.0. The zero-order valence-electron chi connectivity index (χ0n) is 58.3. The van der Waals surface area contributed by atoms with E-state index in [1.807, 2.05) is 0 Å². The van der Waals surface area contributed by atoms with Crippen molar-refractivity contribution in [1.82, 2.24) is 31.9 Å². The molecule has 36 heteroatoms. The zero-order chi connectivity index (χ0) is 73.0. The number of carbonyl (C=O) groups excluding carboxylic acids is 6. The molecule has 0 aliphatic carbocycles. The SMILES string of the molecule is CC(=O)NC1C(OCCOCCOCCOCCNC(=O)CCC(CCC(=O)NCCOCCOCCOCCOC2OC(CO)C(O)C(O)C2NC(C)=O)(CCC(=O)NCCOCCOCCOCCOC2OC(CO)C(O)C(O)C2NC(C)=O)CC(C)(C)C)OC(CO)C(O)C1O. The van der Waals surface area contributed by atoms with Gasteiger partial charge < -0.3 is 149 Å². The standard InChI is InChI=1S/C63H116N6O30/c1-41(73)67-50-56(82)53(79)44(37-70)97-59(50)94-34-31-91-28-25-88-22-19-85-16-13-64-47(76)7-10-63(40-62(4,5)6,11-8-48(77)65-14-17-86-20-23-89-26-29-92-32-35-95-60-51(68-42(2)74)57(83)54(80)45(38-71)98-60)12-9-49(78)66-15-18-87-21-24-90-27-30-93-33-36-96-61-52(69-43(3)75)58(84)55(81)46(39-72)99-61/h44-46,50-61,70-72,79-84H,7-40H2,1-6H3,(H,64,76)(H,65,77)(H,66,78)(H,67,73)(H,68,74)(H,69,75). The molecule has 3 fully saturated rings. The summed E-state index contributed by atoms with van der Waals surface area (Å²) >= 11 is 0. The third-order valence-corrected chi connectivity index (χ3v) is 15.8. The van der Waals surface area contributed by atoms with Gasteiger partial charge in [-0.05, 0) is 36.5 Å². The lowest BCUT2D eigenvalue weighted by Crippen LogP contribution is -2.64. The fourth-order valence-corrected chi connectivity index (χ4v) is 11.1. The van der Waals surface area contributed by atoms with Crippen LogP contribution in [0.2, 0.25) is 0 Å². The maximum absolute atomic E-state index is 13.4. The molecule has 0 bridgehead atoms. The number of hydrogen-bond acceptors (Lipinski definition) is 30. The number of ether oxygens (including phenoxy) is 15. The molecule has 578 valence electrons. The highest BCUT2D eigenvalue weighted by molar-refractivity contribution is 5.77. The Balaban J connectivity index is 1.38. The Morgan fingerprint density at radius 3 is 0.778 bits per heavy atom. The second kappa shape index (κ2) is 51.1. The molecule has 3 saturated heterocycles. The van der Waals surface area contributed by atoms with E-state index >= 15 is 0 Å². The van der Waals surface area contributed by atoms with Crippen molar-refractivity contribution in [2.75, 3.05) is 178 Å². The van der Waals surface area contributed by atoms with E-state index in [1.165, 1.54) is 20.8 Å². The predicted molar refractivity (Wildman–Crippen MR) is 345 cm³/mol. The molecule has 15 N–H and O–H groups in total. The van der Waals surface area contributed by atoms with E-state index in [0.29, 0.717) is 25.7 Å². The summed E-state index contributed by atoms with van der Waals surface area (Å²) in [4.78, 5) is 75.1. The van der Waals surface area contributed by atoms with Gasteiger partial charge in [0.15, 0.2) is 18.9 Å². The summed E-state index contributed by atoms with van der Waals surface area (Å²) in [5.41, 5.74) is -0.849. The Bertz CT molecular complexity index is 1990. The molecule has 0 aromatic rings. The highest BCUT2D eigenvalue weighted by Crippen LogP contribution is 2.45. The number of rotatable bonds is 55. The molecule has 6 amide bonds. The summed E-state index contributed by atoms with van der Waals surface area (Å²) in [6, 6.07) is -3.19. The smallest absolute Gasteiger partial charge is 0.220 e. The maximum atomic E-state index is 13.4. The first-order valence-electron chi connectivity index (χ1n) is 33.9. The minimum absolute atomic E-state index is 0.0169. The van der Waals surface area contributed by atoms with E-state index in [2.05, 4.69) is 52.7 Å². The monoisotopic (exact) mass is 1440 g/mol. The van der Waals surface area contributed by atoms with Crippen molar-refractivity contribution in [1.29, 1.82) is 0 Å². The van der Waals surface area contributed by atoms with Crippen molar-refractivity contribution in [3.63, 3.8) is 0 Å². The van der Waals surface area contributed by atoms with Crippen molar-refractivity contribution >= 4 is 35.4 Å². The maximum Gasteiger partial charge on any atom is 0.220 e. The van der Waals surface area contributed by atoms with Crippen LogP contribution in [-0.2, 0) is 99.8 Å². The molecule has 36 nitrogen and oxygen atoms in total. The van der Waals surface area contributed by atoms with Crippen LogP contribution in [0.25, 0.3) is 0 Å². The van der Waals surface area contributed by atoms with Crippen LogP contribution in [0, 0.1) is 10.8 Å². The summed E-state index contributed by atoms with van der Waals surface area (Å²) in [5, 5.41) is 107. The number of aliphatic hydroxyl groups excluding tert-OH is 9. The minimum Gasteiger partial charge on any atom is -0.394 e. The Morgan fingerprint density at radius 1 is 0.343 bits per heavy atom. The van der Waals surface area contributed by atoms with Gasteiger partial charge in [-0.2, -0.15) is 0 Å². The van der Waals surface area contributed by atoms with Gasteiger partial charge in [0, 0.05) is 59.7 Å². The van der Waals surface area contributed by atoms with Gasteiger partial charge in [0.25, 0.3) is 0 Å². The number of aliphatic hydroxyl groups is 9. The predicted octanol–water partition coefficient (Wildman–Crippen LogP) is -5.87. The molecule has 0 saturated carbocycles. The highest BCUT2D eigenvalue weighted by atomic mass is 16.7. The van der Waals surface area contributed by atoms with Gasteiger partial charge in [-0.1, -0.05) is 20.8 Å². The Labute approximate surface area is 578 Å². The Morgan fingerprint density at radius 2 is 0.566 bits per heavy atom. The molecule has 3 heterocycles. The van der Waals surface area contributed by atoms with Gasteiger partial charge in [0.1, 0.15) is 73.1 Å². The lowest BCUT2D eigenvalue weighted by atomic mass is 9.66. The van der Waals surface area contributed by atoms with E-state index < -0.39 is 135 Å². The van der Waals surface area contributed by atoms with Crippen molar-refractivity contribution < 1.29 is 146 Å². The van der Waals surface area contributed by atoms with E-state index in [0.717, 1.165) is 0 Å².